The van der Waals surface area contributed by atoms with Crippen LogP contribution in [-0.2, 0) is 5.41 Å². The Balaban J connectivity index is 2.67. The minimum atomic E-state index is -0.855. The third kappa shape index (κ3) is 4.06. The largest absolute Gasteiger partial charge is 0.388 e. The molecule has 0 spiro atoms. The topological polar surface area (TPSA) is 75.4 Å². The quantitative estimate of drug-likeness (QED) is 0.859. The fourth-order valence-corrected chi connectivity index (χ4v) is 1.57. The highest BCUT2D eigenvalue weighted by molar-refractivity contribution is 5.92. The van der Waals surface area contributed by atoms with Crippen LogP contribution >= 0.6 is 0 Å². The normalized spacial score (nSPS) is 12.5. The van der Waals surface area contributed by atoms with Gasteiger partial charge in [0.15, 0.2) is 5.69 Å². The summed E-state index contributed by atoms with van der Waals surface area (Å²) in [5.74, 6) is 0.346. The van der Waals surface area contributed by atoms with E-state index in [4.69, 9.17) is 4.52 Å². The summed E-state index contributed by atoms with van der Waals surface area (Å²) in [6.07, 6.45) is 1.19. The lowest BCUT2D eigenvalue weighted by Gasteiger charge is -2.24. The van der Waals surface area contributed by atoms with E-state index in [1.165, 1.54) is 0 Å². The van der Waals surface area contributed by atoms with Crippen LogP contribution in [0, 0.1) is 0 Å². The predicted molar refractivity (Wildman–Crippen MR) is 73.1 cm³/mol. The molecule has 0 atom stereocenters. The number of amides is 1. The van der Waals surface area contributed by atoms with Crippen LogP contribution in [-0.4, -0.2) is 28.3 Å². The highest BCUT2D eigenvalue weighted by atomic mass is 16.5. The number of aliphatic hydroxyl groups is 1. The molecule has 2 N–H and O–H groups in total. The Morgan fingerprint density at radius 2 is 1.95 bits per heavy atom. The Bertz CT molecular complexity index is 428. The van der Waals surface area contributed by atoms with Crippen LogP contribution in [0.25, 0.3) is 0 Å². The lowest BCUT2D eigenvalue weighted by Crippen LogP contribution is -2.42. The third-order valence-corrected chi connectivity index (χ3v) is 3.38. The molecule has 108 valence electrons. The van der Waals surface area contributed by atoms with Crippen LogP contribution in [0.5, 0.6) is 0 Å². The predicted octanol–water partition coefficient (Wildman–Crippen LogP) is 2.25. The van der Waals surface area contributed by atoms with Crippen molar-refractivity contribution >= 4 is 5.91 Å². The summed E-state index contributed by atoms with van der Waals surface area (Å²) in [5, 5.41) is 16.6. The molecule has 1 amide bonds. The van der Waals surface area contributed by atoms with Gasteiger partial charge in [0.25, 0.3) is 5.91 Å². The molecule has 0 saturated carbocycles. The number of nitrogens with zero attached hydrogens (tertiary/aromatic N) is 1. The maximum atomic E-state index is 11.9. The van der Waals surface area contributed by atoms with Crippen LogP contribution in [0.2, 0.25) is 0 Å². The molecule has 1 rings (SSSR count). The van der Waals surface area contributed by atoms with Gasteiger partial charge in [0, 0.05) is 18.0 Å². The van der Waals surface area contributed by atoms with Crippen molar-refractivity contribution in [1.82, 2.24) is 10.5 Å². The fourth-order valence-electron chi connectivity index (χ4n) is 1.57. The van der Waals surface area contributed by atoms with Crippen LogP contribution in [0.1, 0.15) is 63.7 Å². The Hall–Kier alpha value is -1.36. The van der Waals surface area contributed by atoms with E-state index < -0.39 is 5.60 Å². The second-order valence-electron chi connectivity index (χ2n) is 5.94. The standard InChI is InChI=1S/C14H24N2O3/c1-6-14(18,7-2)9-15-12(17)10-8-11(19-16-10)13(3,4)5/h8,18H,6-7,9H2,1-5H3,(H,15,17). The van der Waals surface area contributed by atoms with Gasteiger partial charge in [-0.15, -0.1) is 0 Å². The number of carbonyl (C=O) groups is 1. The van der Waals surface area contributed by atoms with Crippen LogP contribution in [0.15, 0.2) is 10.6 Å². The summed E-state index contributed by atoms with van der Waals surface area (Å²) in [7, 11) is 0. The van der Waals surface area contributed by atoms with Crippen molar-refractivity contribution in [2.45, 2.75) is 58.5 Å². The van der Waals surface area contributed by atoms with Gasteiger partial charge in [-0.3, -0.25) is 4.79 Å². The molecule has 0 saturated heterocycles. The molecule has 1 heterocycles. The molecule has 19 heavy (non-hydrogen) atoms. The van der Waals surface area contributed by atoms with Crippen molar-refractivity contribution in [2.24, 2.45) is 0 Å². The zero-order valence-electron chi connectivity index (χ0n) is 12.4. The number of nitrogens with one attached hydrogen (secondary N) is 1. The van der Waals surface area contributed by atoms with E-state index >= 15 is 0 Å². The van der Waals surface area contributed by atoms with E-state index in [9.17, 15) is 9.90 Å². The molecule has 0 aliphatic rings. The SMILES string of the molecule is CCC(O)(CC)CNC(=O)c1cc(C(C)(C)C)on1. The number of hydrogen-bond donors (Lipinski definition) is 2. The molecule has 0 aromatic carbocycles. The maximum Gasteiger partial charge on any atom is 0.273 e. The molecule has 0 bridgehead atoms. The molecular formula is C14H24N2O3. The van der Waals surface area contributed by atoms with E-state index in [-0.39, 0.29) is 23.6 Å². The van der Waals surface area contributed by atoms with Gasteiger partial charge < -0.3 is 14.9 Å². The zero-order chi connectivity index (χ0) is 14.7. The van der Waals surface area contributed by atoms with E-state index in [2.05, 4.69) is 10.5 Å². The molecule has 5 nitrogen and oxygen atoms in total. The van der Waals surface area contributed by atoms with Gasteiger partial charge in [0.05, 0.1) is 5.60 Å². The van der Waals surface area contributed by atoms with Crippen LogP contribution < -0.4 is 5.32 Å². The summed E-state index contributed by atoms with van der Waals surface area (Å²) in [6, 6.07) is 1.65. The third-order valence-electron chi connectivity index (χ3n) is 3.38. The number of carbonyl (C=O) groups excluding carboxylic acids is 1. The van der Waals surface area contributed by atoms with Gasteiger partial charge >= 0.3 is 0 Å². The first-order valence-corrected chi connectivity index (χ1v) is 6.69. The first-order valence-electron chi connectivity index (χ1n) is 6.69. The lowest BCUT2D eigenvalue weighted by molar-refractivity contribution is 0.0312. The second kappa shape index (κ2) is 5.74. The van der Waals surface area contributed by atoms with Gasteiger partial charge in [-0.25, -0.2) is 0 Å². The number of hydrogen-bond acceptors (Lipinski definition) is 4. The second-order valence-corrected chi connectivity index (χ2v) is 5.94. The zero-order valence-corrected chi connectivity index (χ0v) is 12.4. The highest BCUT2D eigenvalue weighted by Crippen LogP contribution is 2.22. The molecule has 0 radical (unpaired) electrons. The summed E-state index contributed by atoms with van der Waals surface area (Å²) in [5.41, 5.74) is -0.787. The number of aromatic nitrogens is 1. The molecule has 0 aliphatic heterocycles. The molecule has 1 aromatic rings. The van der Waals surface area contributed by atoms with Crippen molar-refractivity contribution in [3.8, 4) is 0 Å². The Morgan fingerprint density at radius 1 is 1.37 bits per heavy atom. The molecule has 0 aliphatic carbocycles. The molecular weight excluding hydrogens is 244 g/mol. The van der Waals surface area contributed by atoms with E-state index in [1.54, 1.807) is 6.07 Å². The Labute approximate surface area is 114 Å². The van der Waals surface area contributed by atoms with Crippen molar-refractivity contribution in [1.29, 1.82) is 0 Å². The lowest BCUT2D eigenvalue weighted by atomic mass is 9.93. The Kier molecular flexibility index (Phi) is 4.74. The summed E-state index contributed by atoms with van der Waals surface area (Å²) in [6.45, 7) is 9.97. The smallest absolute Gasteiger partial charge is 0.273 e. The monoisotopic (exact) mass is 268 g/mol. The van der Waals surface area contributed by atoms with E-state index in [0.29, 0.717) is 18.6 Å². The van der Waals surface area contributed by atoms with E-state index in [1.807, 2.05) is 34.6 Å². The average Bonchev–Trinajstić information content (AvgIpc) is 2.85. The first kappa shape index (κ1) is 15.7. The summed E-state index contributed by atoms with van der Waals surface area (Å²) >= 11 is 0. The van der Waals surface area contributed by atoms with Crippen molar-refractivity contribution in [3.63, 3.8) is 0 Å². The molecule has 5 heteroatoms. The van der Waals surface area contributed by atoms with E-state index in [0.717, 1.165) is 0 Å². The fraction of sp³-hybridized carbons (Fsp3) is 0.714. The summed E-state index contributed by atoms with van der Waals surface area (Å²) < 4.78 is 5.16. The molecule has 0 fully saturated rings. The van der Waals surface area contributed by atoms with Gasteiger partial charge in [-0.1, -0.05) is 39.8 Å². The van der Waals surface area contributed by atoms with Crippen molar-refractivity contribution in [2.75, 3.05) is 6.54 Å². The highest BCUT2D eigenvalue weighted by Gasteiger charge is 2.25. The maximum absolute atomic E-state index is 11.9. The van der Waals surface area contributed by atoms with Crippen molar-refractivity contribution in [3.05, 3.63) is 17.5 Å². The van der Waals surface area contributed by atoms with Crippen molar-refractivity contribution < 1.29 is 14.4 Å². The van der Waals surface area contributed by atoms with Gasteiger partial charge in [0.2, 0.25) is 0 Å². The van der Waals surface area contributed by atoms with Gasteiger partial charge in [-0.05, 0) is 12.8 Å². The van der Waals surface area contributed by atoms with Gasteiger partial charge in [-0.2, -0.15) is 0 Å². The minimum Gasteiger partial charge on any atom is -0.388 e. The average molecular weight is 268 g/mol. The molecule has 1 aromatic heterocycles. The Morgan fingerprint density at radius 3 is 2.37 bits per heavy atom. The van der Waals surface area contributed by atoms with Gasteiger partial charge in [0.1, 0.15) is 5.76 Å². The first-order chi connectivity index (χ1) is 8.72. The molecule has 0 unspecified atom stereocenters. The van der Waals surface area contributed by atoms with Crippen LogP contribution in [0.4, 0.5) is 0 Å². The number of rotatable bonds is 5. The minimum absolute atomic E-state index is 0.181. The van der Waals surface area contributed by atoms with Crippen LogP contribution in [0.3, 0.4) is 0 Å². The summed E-state index contributed by atoms with van der Waals surface area (Å²) in [4.78, 5) is 11.9.